The number of rotatable bonds is 7. The average Bonchev–Trinajstić information content (AvgIpc) is 3.15. The van der Waals surface area contributed by atoms with Gasteiger partial charge in [-0.15, -0.1) is 22.0 Å². The Morgan fingerprint density at radius 3 is 2.19 bits per heavy atom. The van der Waals surface area contributed by atoms with Crippen molar-refractivity contribution in [2.75, 3.05) is 21.3 Å². The van der Waals surface area contributed by atoms with Crippen molar-refractivity contribution in [3.8, 4) is 28.7 Å². The number of ether oxygens (including phenoxy) is 3. The van der Waals surface area contributed by atoms with Crippen LogP contribution in [0.1, 0.15) is 5.89 Å². The molecule has 0 radical (unpaired) electrons. The summed E-state index contributed by atoms with van der Waals surface area (Å²) in [6.07, 6.45) is 0. The van der Waals surface area contributed by atoms with E-state index in [1.807, 2.05) is 24.3 Å². The van der Waals surface area contributed by atoms with E-state index in [4.69, 9.17) is 30.2 Å². The summed E-state index contributed by atoms with van der Waals surface area (Å²) in [6, 6.07) is 11.1. The maximum Gasteiger partial charge on any atom is 0.248 e. The summed E-state index contributed by atoms with van der Waals surface area (Å²) in [5, 5.41) is 8.92. The molecule has 0 unspecified atom stereocenters. The number of aromatic nitrogens is 2. The van der Waals surface area contributed by atoms with E-state index in [9.17, 15) is 0 Å². The van der Waals surface area contributed by atoms with Gasteiger partial charge < -0.3 is 18.6 Å². The second kappa shape index (κ2) is 8.33. The molecule has 0 aliphatic heterocycles. The predicted molar refractivity (Wildman–Crippen MR) is 100 cm³/mol. The van der Waals surface area contributed by atoms with Crippen molar-refractivity contribution < 1.29 is 18.6 Å². The maximum absolute atomic E-state index is 5.89. The molecule has 0 aliphatic rings. The minimum atomic E-state index is 0.385. The van der Waals surface area contributed by atoms with Gasteiger partial charge in [-0.2, -0.15) is 0 Å². The Morgan fingerprint density at radius 1 is 0.962 bits per heavy atom. The normalized spacial score (nSPS) is 10.6. The number of methoxy groups -OCH3 is 3. The zero-order chi connectivity index (χ0) is 18.5. The second-order valence-electron chi connectivity index (χ2n) is 5.16. The largest absolute Gasteiger partial charge is 0.493 e. The summed E-state index contributed by atoms with van der Waals surface area (Å²) in [6.45, 7) is 0. The molecule has 0 saturated heterocycles. The Hall–Kier alpha value is -2.38. The van der Waals surface area contributed by atoms with Crippen molar-refractivity contribution >= 4 is 23.4 Å². The minimum absolute atomic E-state index is 0.385. The molecule has 26 heavy (non-hydrogen) atoms. The van der Waals surface area contributed by atoms with E-state index in [2.05, 4.69) is 10.2 Å². The maximum atomic E-state index is 5.89. The number of hydrogen-bond donors (Lipinski definition) is 0. The molecule has 0 spiro atoms. The number of hydrogen-bond acceptors (Lipinski definition) is 7. The number of benzene rings is 2. The molecule has 3 rings (SSSR count). The smallest absolute Gasteiger partial charge is 0.248 e. The molecule has 1 aromatic heterocycles. The van der Waals surface area contributed by atoms with E-state index in [-0.39, 0.29) is 0 Å². The van der Waals surface area contributed by atoms with E-state index in [1.54, 1.807) is 45.2 Å². The van der Waals surface area contributed by atoms with Crippen LogP contribution in [0.5, 0.6) is 17.2 Å². The SMILES string of the molecule is COc1cc(-c2nnc(CSc3ccc(Cl)cc3)o2)cc(OC)c1OC. The molecular weight excluding hydrogens is 376 g/mol. The highest BCUT2D eigenvalue weighted by molar-refractivity contribution is 7.98. The summed E-state index contributed by atoms with van der Waals surface area (Å²) in [5.74, 6) is 3.02. The van der Waals surface area contributed by atoms with Gasteiger partial charge in [-0.1, -0.05) is 11.6 Å². The molecule has 0 aliphatic carbocycles. The van der Waals surface area contributed by atoms with Gasteiger partial charge in [-0.05, 0) is 36.4 Å². The third-order valence-electron chi connectivity index (χ3n) is 3.55. The van der Waals surface area contributed by atoms with Crippen LogP contribution in [0.25, 0.3) is 11.5 Å². The number of halogens is 1. The molecule has 0 bridgehead atoms. The van der Waals surface area contributed by atoms with Gasteiger partial charge in [0.1, 0.15) is 0 Å². The van der Waals surface area contributed by atoms with Gasteiger partial charge in [0.05, 0.1) is 27.1 Å². The Balaban J connectivity index is 1.79. The fraction of sp³-hybridized carbons (Fsp3) is 0.222. The summed E-state index contributed by atoms with van der Waals surface area (Å²) < 4.78 is 21.8. The van der Waals surface area contributed by atoms with Crippen molar-refractivity contribution in [1.82, 2.24) is 10.2 Å². The van der Waals surface area contributed by atoms with Crippen LogP contribution >= 0.6 is 23.4 Å². The van der Waals surface area contributed by atoms with Crippen LogP contribution in [0.15, 0.2) is 45.7 Å². The molecular formula is C18H17ClN2O4S. The number of nitrogens with zero attached hydrogens (tertiary/aromatic N) is 2. The fourth-order valence-electron chi connectivity index (χ4n) is 2.31. The summed E-state index contributed by atoms with van der Waals surface area (Å²) in [5.41, 5.74) is 0.690. The van der Waals surface area contributed by atoms with Gasteiger partial charge in [0, 0.05) is 15.5 Å². The lowest BCUT2D eigenvalue weighted by atomic mass is 10.2. The molecule has 0 saturated carbocycles. The Labute approximate surface area is 160 Å². The van der Waals surface area contributed by atoms with Crippen LogP contribution in [0, 0.1) is 0 Å². The van der Waals surface area contributed by atoms with Gasteiger partial charge in [0.25, 0.3) is 0 Å². The summed E-state index contributed by atoms with van der Waals surface area (Å²) in [7, 11) is 4.67. The monoisotopic (exact) mass is 392 g/mol. The molecule has 2 aromatic carbocycles. The molecule has 8 heteroatoms. The predicted octanol–water partition coefficient (Wildman–Crippen LogP) is 4.71. The molecule has 0 N–H and O–H groups in total. The van der Waals surface area contributed by atoms with Gasteiger partial charge in [-0.25, -0.2) is 0 Å². The fourth-order valence-corrected chi connectivity index (χ4v) is 3.17. The highest BCUT2D eigenvalue weighted by Gasteiger charge is 2.17. The van der Waals surface area contributed by atoms with Crippen molar-refractivity contribution in [3.05, 3.63) is 47.3 Å². The zero-order valence-corrected chi connectivity index (χ0v) is 16.1. The molecule has 136 valence electrons. The Kier molecular flexibility index (Phi) is 5.90. The first-order chi connectivity index (χ1) is 12.6. The van der Waals surface area contributed by atoms with Crippen LogP contribution in [-0.4, -0.2) is 31.5 Å². The van der Waals surface area contributed by atoms with E-state index >= 15 is 0 Å². The average molecular weight is 393 g/mol. The summed E-state index contributed by atoms with van der Waals surface area (Å²) >= 11 is 7.48. The first-order valence-corrected chi connectivity index (χ1v) is 9.02. The van der Waals surface area contributed by atoms with Crippen LogP contribution in [0.2, 0.25) is 5.02 Å². The van der Waals surface area contributed by atoms with Crippen LogP contribution in [-0.2, 0) is 5.75 Å². The third kappa shape index (κ3) is 4.05. The molecule has 6 nitrogen and oxygen atoms in total. The molecule has 1 heterocycles. The third-order valence-corrected chi connectivity index (χ3v) is 4.80. The van der Waals surface area contributed by atoms with E-state index in [1.165, 1.54) is 0 Å². The minimum Gasteiger partial charge on any atom is -0.493 e. The standard InChI is InChI=1S/C18H17ClN2O4S/c1-22-14-8-11(9-15(23-2)17(14)24-3)18-21-20-16(25-18)10-26-13-6-4-12(19)5-7-13/h4-9H,10H2,1-3H3. The second-order valence-corrected chi connectivity index (χ2v) is 6.64. The Bertz CT molecular complexity index is 858. The van der Waals surface area contributed by atoms with Crippen molar-refractivity contribution in [2.45, 2.75) is 10.6 Å². The van der Waals surface area contributed by atoms with Gasteiger partial charge >= 0.3 is 0 Å². The van der Waals surface area contributed by atoms with Gasteiger partial charge in [0.2, 0.25) is 17.5 Å². The first kappa shape index (κ1) is 18.4. The topological polar surface area (TPSA) is 66.6 Å². The lowest BCUT2D eigenvalue weighted by Crippen LogP contribution is -1.95. The summed E-state index contributed by atoms with van der Waals surface area (Å²) in [4.78, 5) is 1.07. The van der Waals surface area contributed by atoms with Crippen molar-refractivity contribution in [2.24, 2.45) is 0 Å². The molecule has 0 amide bonds. The highest BCUT2D eigenvalue weighted by Crippen LogP contribution is 2.41. The highest BCUT2D eigenvalue weighted by atomic mass is 35.5. The molecule has 0 atom stereocenters. The van der Waals surface area contributed by atoms with E-state index < -0.39 is 0 Å². The molecule has 0 fully saturated rings. The van der Waals surface area contributed by atoms with Crippen LogP contribution in [0.4, 0.5) is 0 Å². The number of thioether (sulfide) groups is 1. The van der Waals surface area contributed by atoms with Crippen LogP contribution < -0.4 is 14.2 Å². The van der Waals surface area contributed by atoms with E-state index in [0.717, 1.165) is 4.90 Å². The van der Waals surface area contributed by atoms with Crippen molar-refractivity contribution in [1.29, 1.82) is 0 Å². The van der Waals surface area contributed by atoms with Crippen molar-refractivity contribution in [3.63, 3.8) is 0 Å². The van der Waals surface area contributed by atoms with Gasteiger partial charge in [0.15, 0.2) is 11.5 Å². The zero-order valence-electron chi connectivity index (χ0n) is 14.5. The molecule has 3 aromatic rings. The van der Waals surface area contributed by atoms with Crippen LogP contribution in [0.3, 0.4) is 0 Å². The lowest BCUT2D eigenvalue weighted by Gasteiger charge is -2.12. The lowest BCUT2D eigenvalue weighted by molar-refractivity contribution is 0.324. The van der Waals surface area contributed by atoms with Gasteiger partial charge in [-0.3, -0.25) is 0 Å². The quantitative estimate of drug-likeness (QED) is 0.539. The van der Waals surface area contributed by atoms with E-state index in [0.29, 0.717) is 45.4 Å². The first-order valence-electron chi connectivity index (χ1n) is 7.65. The Morgan fingerprint density at radius 2 is 1.62 bits per heavy atom.